The Morgan fingerprint density at radius 3 is 2.75 bits per heavy atom. The Labute approximate surface area is 103 Å². The second-order valence-electron chi connectivity index (χ2n) is 5.79. The third-order valence-electron chi connectivity index (χ3n) is 4.18. The van der Waals surface area contributed by atoms with Gasteiger partial charge in [-0.3, -0.25) is 0 Å². The van der Waals surface area contributed by atoms with E-state index in [-0.39, 0.29) is 5.54 Å². The fourth-order valence-electron chi connectivity index (χ4n) is 3.34. The van der Waals surface area contributed by atoms with Crippen LogP contribution in [0.2, 0.25) is 0 Å². The predicted molar refractivity (Wildman–Crippen MR) is 71.5 cm³/mol. The van der Waals surface area contributed by atoms with E-state index >= 15 is 0 Å². The zero-order chi connectivity index (χ0) is 11.8. The molecule has 3 atom stereocenters. The van der Waals surface area contributed by atoms with Crippen molar-refractivity contribution in [1.29, 1.82) is 0 Å². The van der Waals surface area contributed by atoms with Crippen LogP contribution >= 0.6 is 11.3 Å². The van der Waals surface area contributed by atoms with Crippen LogP contribution in [-0.2, 0) is 5.54 Å². The van der Waals surface area contributed by atoms with Gasteiger partial charge in [-0.05, 0) is 53.0 Å². The predicted octanol–water partition coefficient (Wildman–Crippen LogP) is 3.99. The van der Waals surface area contributed by atoms with Gasteiger partial charge in [0.1, 0.15) is 0 Å². The maximum Gasteiger partial charge on any atom is 0.0451 e. The number of nitrogens with two attached hydrogens (primary N) is 1. The molecule has 1 fully saturated rings. The van der Waals surface area contributed by atoms with Crippen molar-refractivity contribution in [1.82, 2.24) is 0 Å². The topological polar surface area (TPSA) is 26.0 Å². The maximum atomic E-state index is 6.77. The van der Waals surface area contributed by atoms with Gasteiger partial charge in [0, 0.05) is 5.54 Å². The zero-order valence-electron chi connectivity index (χ0n) is 10.6. The summed E-state index contributed by atoms with van der Waals surface area (Å²) in [6.45, 7) is 6.97. The van der Waals surface area contributed by atoms with Crippen molar-refractivity contribution in [2.75, 3.05) is 0 Å². The van der Waals surface area contributed by atoms with Crippen molar-refractivity contribution in [3.05, 3.63) is 22.4 Å². The van der Waals surface area contributed by atoms with Crippen LogP contribution in [0.25, 0.3) is 0 Å². The van der Waals surface area contributed by atoms with Crippen molar-refractivity contribution in [2.45, 2.75) is 45.6 Å². The third kappa shape index (κ3) is 2.05. The average Bonchev–Trinajstić information content (AvgIpc) is 2.69. The van der Waals surface area contributed by atoms with Gasteiger partial charge in [0.05, 0.1) is 0 Å². The Bertz CT molecular complexity index is 331. The summed E-state index contributed by atoms with van der Waals surface area (Å²) in [5.74, 6) is 2.08. The quantitative estimate of drug-likeness (QED) is 0.827. The maximum absolute atomic E-state index is 6.77. The van der Waals surface area contributed by atoms with E-state index < -0.39 is 0 Å². The van der Waals surface area contributed by atoms with Gasteiger partial charge < -0.3 is 5.73 Å². The van der Waals surface area contributed by atoms with Crippen LogP contribution in [0.3, 0.4) is 0 Å². The molecule has 1 aromatic rings. The van der Waals surface area contributed by atoms with E-state index in [4.69, 9.17) is 5.73 Å². The third-order valence-corrected chi connectivity index (χ3v) is 4.86. The molecule has 2 N–H and O–H groups in total. The first-order valence-electron chi connectivity index (χ1n) is 6.35. The fourth-order valence-corrected chi connectivity index (χ4v) is 4.09. The van der Waals surface area contributed by atoms with E-state index in [1.807, 2.05) is 0 Å². The van der Waals surface area contributed by atoms with Crippen LogP contribution in [-0.4, -0.2) is 0 Å². The van der Waals surface area contributed by atoms with Crippen molar-refractivity contribution in [2.24, 2.45) is 23.5 Å². The highest BCUT2D eigenvalue weighted by Crippen LogP contribution is 2.45. The minimum Gasteiger partial charge on any atom is -0.321 e. The largest absolute Gasteiger partial charge is 0.321 e. The van der Waals surface area contributed by atoms with Gasteiger partial charge in [-0.2, -0.15) is 11.3 Å². The van der Waals surface area contributed by atoms with Crippen LogP contribution in [0, 0.1) is 17.8 Å². The van der Waals surface area contributed by atoms with E-state index in [1.165, 1.54) is 18.4 Å². The molecule has 0 amide bonds. The molecule has 2 heteroatoms. The molecule has 0 aliphatic heterocycles. The van der Waals surface area contributed by atoms with E-state index in [2.05, 4.69) is 37.6 Å². The van der Waals surface area contributed by atoms with Gasteiger partial charge in [-0.15, -0.1) is 0 Å². The van der Waals surface area contributed by atoms with Crippen molar-refractivity contribution >= 4 is 11.3 Å². The number of hydrogen-bond acceptors (Lipinski definition) is 2. The molecule has 1 saturated carbocycles. The molecule has 0 bridgehead atoms. The minimum atomic E-state index is -0.0775. The molecule has 2 rings (SSSR count). The number of thiophene rings is 1. The second-order valence-corrected chi connectivity index (χ2v) is 6.57. The summed E-state index contributed by atoms with van der Waals surface area (Å²) in [4.78, 5) is 0. The summed E-state index contributed by atoms with van der Waals surface area (Å²) in [6.07, 6.45) is 3.77. The first-order valence-corrected chi connectivity index (χ1v) is 7.30. The molecule has 16 heavy (non-hydrogen) atoms. The molecule has 0 radical (unpaired) electrons. The molecule has 0 spiro atoms. The lowest BCUT2D eigenvalue weighted by molar-refractivity contribution is 0.109. The van der Waals surface area contributed by atoms with Crippen LogP contribution in [0.4, 0.5) is 0 Å². The average molecular weight is 237 g/mol. The Morgan fingerprint density at radius 1 is 1.44 bits per heavy atom. The molecule has 3 unspecified atom stereocenters. The first kappa shape index (κ1) is 12.1. The molecule has 1 nitrogen and oxygen atoms in total. The van der Waals surface area contributed by atoms with Gasteiger partial charge in [0.15, 0.2) is 0 Å². The van der Waals surface area contributed by atoms with Crippen LogP contribution in [0.1, 0.15) is 45.6 Å². The number of hydrogen-bond donors (Lipinski definition) is 1. The molecular formula is C14H23NS. The standard InChI is InChI=1S/C14H23NS/c1-10(2)13-5-4-11(3)8-14(13,15)12-6-7-16-9-12/h6-7,9-11,13H,4-5,8,15H2,1-3H3. The summed E-state index contributed by atoms with van der Waals surface area (Å²) in [6, 6.07) is 2.22. The Morgan fingerprint density at radius 2 is 2.19 bits per heavy atom. The summed E-state index contributed by atoms with van der Waals surface area (Å²) >= 11 is 1.77. The number of rotatable bonds is 2. The van der Waals surface area contributed by atoms with Crippen LogP contribution < -0.4 is 5.73 Å². The van der Waals surface area contributed by atoms with Crippen molar-refractivity contribution < 1.29 is 0 Å². The van der Waals surface area contributed by atoms with E-state index in [0.29, 0.717) is 11.8 Å². The molecule has 1 aromatic heterocycles. The molecule has 1 heterocycles. The molecule has 0 aromatic carbocycles. The highest BCUT2D eigenvalue weighted by molar-refractivity contribution is 7.08. The summed E-state index contributed by atoms with van der Waals surface area (Å²) in [5.41, 5.74) is 8.05. The van der Waals surface area contributed by atoms with Crippen molar-refractivity contribution in [3.63, 3.8) is 0 Å². The molecule has 90 valence electrons. The van der Waals surface area contributed by atoms with Crippen LogP contribution in [0.15, 0.2) is 16.8 Å². The highest BCUT2D eigenvalue weighted by atomic mass is 32.1. The normalized spacial score (nSPS) is 35.6. The van der Waals surface area contributed by atoms with Gasteiger partial charge in [0.2, 0.25) is 0 Å². The fraction of sp³-hybridized carbons (Fsp3) is 0.714. The summed E-state index contributed by atoms with van der Waals surface area (Å²) in [5, 5.41) is 4.40. The van der Waals surface area contributed by atoms with Crippen molar-refractivity contribution in [3.8, 4) is 0 Å². The lowest BCUT2D eigenvalue weighted by Gasteiger charge is -2.45. The molecule has 1 aliphatic carbocycles. The minimum absolute atomic E-state index is 0.0775. The van der Waals surface area contributed by atoms with Crippen LogP contribution in [0.5, 0.6) is 0 Å². The summed E-state index contributed by atoms with van der Waals surface area (Å²) < 4.78 is 0. The Balaban J connectivity index is 2.32. The summed E-state index contributed by atoms with van der Waals surface area (Å²) in [7, 11) is 0. The SMILES string of the molecule is CC1CCC(C(C)C)C(N)(c2ccsc2)C1. The lowest BCUT2D eigenvalue weighted by Crippen LogP contribution is -2.49. The molecule has 0 saturated heterocycles. The lowest BCUT2D eigenvalue weighted by atomic mass is 9.63. The monoisotopic (exact) mass is 237 g/mol. The van der Waals surface area contributed by atoms with Gasteiger partial charge in [-0.25, -0.2) is 0 Å². The van der Waals surface area contributed by atoms with E-state index in [1.54, 1.807) is 11.3 Å². The highest BCUT2D eigenvalue weighted by Gasteiger charge is 2.42. The van der Waals surface area contributed by atoms with E-state index in [0.717, 1.165) is 12.3 Å². The Kier molecular flexibility index (Phi) is 3.41. The zero-order valence-corrected chi connectivity index (χ0v) is 11.4. The second kappa shape index (κ2) is 4.50. The molecule has 1 aliphatic rings. The van der Waals surface area contributed by atoms with E-state index in [9.17, 15) is 0 Å². The smallest absolute Gasteiger partial charge is 0.0451 e. The Hall–Kier alpha value is -0.340. The van der Waals surface area contributed by atoms with Gasteiger partial charge >= 0.3 is 0 Å². The van der Waals surface area contributed by atoms with Gasteiger partial charge in [0.25, 0.3) is 0 Å². The first-order chi connectivity index (χ1) is 7.54. The molecular weight excluding hydrogens is 214 g/mol. The van der Waals surface area contributed by atoms with Gasteiger partial charge in [-0.1, -0.05) is 27.2 Å².